The fourth-order valence-electron chi connectivity index (χ4n) is 3.13. The van der Waals surface area contributed by atoms with Gasteiger partial charge in [0.05, 0.1) is 0 Å². The molecule has 0 heteroatoms. The third kappa shape index (κ3) is 0.810. The third-order valence-corrected chi connectivity index (χ3v) is 3.63. The molecule has 0 unspecified atom stereocenters. The van der Waals surface area contributed by atoms with Gasteiger partial charge in [-0.05, 0) is 30.9 Å². The average Bonchev–Trinajstić information content (AvgIpc) is 2.73. The van der Waals surface area contributed by atoms with Crippen LogP contribution in [-0.2, 0) is 0 Å². The summed E-state index contributed by atoms with van der Waals surface area (Å²) >= 11 is 0. The van der Waals surface area contributed by atoms with Gasteiger partial charge in [-0.2, -0.15) is 0 Å². The maximum absolute atomic E-state index is 2.34. The fraction of sp³-hybridized carbons (Fsp3) is 0.385. The molecule has 0 aromatic heterocycles. The molecule has 3 rings (SSSR count). The van der Waals surface area contributed by atoms with Crippen LogP contribution in [0.4, 0.5) is 0 Å². The first-order chi connectivity index (χ1) is 6.42. The molecule has 0 radical (unpaired) electrons. The summed E-state index contributed by atoms with van der Waals surface area (Å²) in [5.41, 5.74) is 4.89. The summed E-state index contributed by atoms with van der Waals surface area (Å²) in [5, 5.41) is 0. The van der Waals surface area contributed by atoms with Gasteiger partial charge in [-0.1, -0.05) is 35.9 Å². The molecular formula is C13H14. The molecule has 13 heavy (non-hydrogen) atoms. The monoisotopic (exact) mass is 170 g/mol. The van der Waals surface area contributed by atoms with Crippen LogP contribution in [-0.4, -0.2) is 0 Å². The number of allylic oxidation sites excluding steroid dienone is 2. The second kappa shape index (κ2) is 2.47. The molecule has 0 heterocycles. The maximum atomic E-state index is 2.34. The van der Waals surface area contributed by atoms with Crippen molar-refractivity contribution < 1.29 is 0 Å². The Hall–Kier alpha value is -1.04. The lowest BCUT2D eigenvalue weighted by atomic mass is 9.92. The van der Waals surface area contributed by atoms with Crippen LogP contribution in [0.2, 0.25) is 0 Å². The van der Waals surface area contributed by atoms with Crippen molar-refractivity contribution >= 4 is 0 Å². The van der Waals surface area contributed by atoms with E-state index in [9.17, 15) is 0 Å². The van der Waals surface area contributed by atoms with E-state index in [0.717, 1.165) is 11.8 Å². The predicted molar refractivity (Wildman–Crippen MR) is 54.9 cm³/mol. The summed E-state index contributed by atoms with van der Waals surface area (Å²) in [5.74, 6) is 1.54. The molecule has 2 bridgehead atoms. The van der Waals surface area contributed by atoms with Crippen LogP contribution in [0.3, 0.4) is 0 Å². The number of rotatable bonds is 0. The summed E-state index contributed by atoms with van der Waals surface area (Å²) in [4.78, 5) is 0. The van der Waals surface area contributed by atoms with E-state index in [1.165, 1.54) is 12.8 Å². The molecule has 2 aliphatic rings. The topological polar surface area (TPSA) is 0 Å². The molecule has 0 spiro atoms. The van der Waals surface area contributed by atoms with Crippen molar-refractivity contribution in [3.63, 3.8) is 0 Å². The van der Waals surface area contributed by atoms with Crippen LogP contribution in [0, 0.1) is 0 Å². The van der Waals surface area contributed by atoms with Crippen molar-refractivity contribution in [3.05, 3.63) is 47.0 Å². The van der Waals surface area contributed by atoms with Gasteiger partial charge in [0.15, 0.2) is 0 Å². The summed E-state index contributed by atoms with van der Waals surface area (Å²) < 4.78 is 0. The lowest BCUT2D eigenvalue weighted by Crippen LogP contribution is -1.95. The molecular weight excluding hydrogens is 156 g/mol. The Bertz CT molecular complexity index is 340. The third-order valence-electron chi connectivity index (χ3n) is 3.63. The highest BCUT2D eigenvalue weighted by molar-refractivity contribution is 5.52. The second-order valence-electron chi connectivity index (χ2n) is 4.10. The molecule has 0 nitrogen and oxygen atoms in total. The minimum absolute atomic E-state index is 0.770. The molecule has 0 saturated heterocycles. The summed E-state index contributed by atoms with van der Waals surface area (Å²) in [6, 6.07) is 8.96. The second-order valence-corrected chi connectivity index (χ2v) is 4.10. The Kier molecular flexibility index (Phi) is 1.40. The minimum Gasteiger partial charge on any atom is -0.0872 e. The molecule has 0 aliphatic heterocycles. The molecule has 1 aromatic rings. The van der Waals surface area contributed by atoms with E-state index in [2.05, 4.69) is 37.3 Å². The highest BCUT2D eigenvalue weighted by Crippen LogP contribution is 2.56. The quantitative estimate of drug-likeness (QED) is 0.522. The smallest absolute Gasteiger partial charge is 0.00574 e. The van der Waals surface area contributed by atoms with E-state index in [0.29, 0.717) is 0 Å². The SMILES string of the molecule is CC=C1[C@@H]2CC[C@@H]1c1ccccc12. The van der Waals surface area contributed by atoms with Gasteiger partial charge in [0.1, 0.15) is 0 Å². The molecule has 1 aromatic carbocycles. The number of hydrogen-bond acceptors (Lipinski definition) is 0. The van der Waals surface area contributed by atoms with Crippen molar-refractivity contribution in [2.45, 2.75) is 31.6 Å². The molecule has 2 atom stereocenters. The molecule has 1 saturated carbocycles. The van der Waals surface area contributed by atoms with Crippen molar-refractivity contribution in [2.24, 2.45) is 0 Å². The van der Waals surface area contributed by atoms with Gasteiger partial charge in [0.25, 0.3) is 0 Å². The van der Waals surface area contributed by atoms with E-state index in [1.807, 2.05) is 0 Å². The van der Waals surface area contributed by atoms with Gasteiger partial charge in [-0.25, -0.2) is 0 Å². The molecule has 66 valence electrons. The highest BCUT2D eigenvalue weighted by atomic mass is 14.4. The van der Waals surface area contributed by atoms with E-state index in [4.69, 9.17) is 0 Å². The molecule has 1 fully saturated rings. The zero-order valence-electron chi connectivity index (χ0n) is 7.96. The lowest BCUT2D eigenvalue weighted by Gasteiger charge is -2.12. The molecule has 2 aliphatic carbocycles. The van der Waals surface area contributed by atoms with E-state index >= 15 is 0 Å². The van der Waals surface area contributed by atoms with E-state index in [-0.39, 0.29) is 0 Å². The van der Waals surface area contributed by atoms with Crippen LogP contribution in [0.25, 0.3) is 0 Å². The summed E-state index contributed by atoms with van der Waals surface area (Å²) in [6.07, 6.45) is 5.09. The lowest BCUT2D eigenvalue weighted by molar-refractivity contribution is 0.717. The van der Waals surface area contributed by atoms with Crippen molar-refractivity contribution in [3.8, 4) is 0 Å². The minimum atomic E-state index is 0.770. The van der Waals surface area contributed by atoms with Crippen LogP contribution in [0.1, 0.15) is 42.7 Å². The predicted octanol–water partition coefficient (Wildman–Crippen LogP) is 3.61. The van der Waals surface area contributed by atoms with Gasteiger partial charge in [-0.15, -0.1) is 0 Å². The first-order valence-electron chi connectivity index (χ1n) is 5.16. The van der Waals surface area contributed by atoms with Crippen LogP contribution >= 0.6 is 0 Å². The standard InChI is InChI=1S/C13H14/c1-2-9-12-7-8-13(9)11-6-4-3-5-10(11)12/h2-6,12-13H,7-8H2,1H3/t12-,13-/m0/s1. The van der Waals surface area contributed by atoms with Crippen LogP contribution in [0.5, 0.6) is 0 Å². The highest BCUT2D eigenvalue weighted by Gasteiger charge is 2.40. The van der Waals surface area contributed by atoms with Crippen LogP contribution in [0.15, 0.2) is 35.9 Å². The number of fused-ring (bicyclic) bond motifs is 5. The van der Waals surface area contributed by atoms with Gasteiger partial charge in [0, 0.05) is 11.8 Å². The summed E-state index contributed by atoms with van der Waals surface area (Å²) in [7, 11) is 0. The Morgan fingerprint density at radius 1 is 1.08 bits per heavy atom. The zero-order valence-corrected chi connectivity index (χ0v) is 7.96. The number of benzene rings is 1. The number of hydrogen-bond donors (Lipinski definition) is 0. The van der Waals surface area contributed by atoms with Crippen molar-refractivity contribution in [2.75, 3.05) is 0 Å². The van der Waals surface area contributed by atoms with Gasteiger partial charge in [-0.3, -0.25) is 0 Å². The Morgan fingerprint density at radius 2 is 1.62 bits per heavy atom. The largest absolute Gasteiger partial charge is 0.0872 e. The first-order valence-corrected chi connectivity index (χ1v) is 5.16. The first kappa shape index (κ1) is 7.37. The van der Waals surface area contributed by atoms with Gasteiger partial charge in [0.2, 0.25) is 0 Å². The fourth-order valence-corrected chi connectivity index (χ4v) is 3.13. The van der Waals surface area contributed by atoms with Crippen molar-refractivity contribution in [1.82, 2.24) is 0 Å². The van der Waals surface area contributed by atoms with E-state index in [1.54, 1.807) is 16.7 Å². The Morgan fingerprint density at radius 3 is 2.08 bits per heavy atom. The van der Waals surface area contributed by atoms with E-state index < -0.39 is 0 Å². The normalized spacial score (nSPS) is 29.2. The average molecular weight is 170 g/mol. The molecule has 0 N–H and O–H groups in total. The maximum Gasteiger partial charge on any atom is 0.00574 e. The van der Waals surface area contributed by atoms with Crippen LogP contribution < -0.4 is 0 Å². The molecule has 0 amide bonds. The summed E-state index contributed by atoms with van der Waals surface area (Å²) in [6.45, 7) is 2.19. The Labute approximate surface area is 79.3 Å². The zero-order chi connectivity index (χ0) is 8.84. The van der Waals surface area contributed by atoms with Gasteiger partial charge < -0.3 is 0 Å². The van der Waals surface area contributed by atoms with Crippen molar-refractivity contribution in [1.29, 1.82) is 0 Å². The Balaban J connectivity index is 2.23. The van der Waals surface area contributed by atoms with Gasteiger partial charge >= 0.3 is 0 Å².